The highest BCUT2D eigenvalue weighted by Gasteiger charge is 2.24. The zero-order chi connectivity index (χ0) is 19.3. The Kier molecular flexibility index (Phi) is 6.88. The van der Waals surface area contributed by atoms with Crippen LogP contribution in [-0.4, -0.2) is 64.8 Å². The van der Waals surface area contributed by atoms with Crippen LogP contribution in [0.25, 0.3) is 0 Å². The van der Waals surface area contributed by atoms with Crippen LogP contribution in [0.2, 0.25) is 0 Å². The molecule has 1 aliphatic heterocycles. The lowest BCUT2D eigenvalue weighted by Crippen LogP contribution is -2.47. The summed E-state index contributed by atoms with van der Waals surface area (Å²) in [6.07, 6.45) is 3.05. The first kappa shape index (κ1) is 20.5. The summed E-state index contributed by atoms with van der Waals surface area (Å²) in [5, 5.41) is 3.08. The van der Waals surface area contributed by atoms with Crippen LogP contribution in [0.15, 0.2) is 24.3 Å². The highest BCUT2D eigenvalue weighted by Crippen LogP contribution is 2.21. The fourth-order valence-corrected chi connectivity index (χ4v) is 3.36. The molecule has 8 heteroatoms. The van der Waals surface area contributed by atoms with Crippen LogP contribution in [0, 0.1) is 0 Å². The van der Waals surface area contributed by atoms with Gasteiger partial charge in [0.2, 0.25) is 10.0 Å². The van der Waals surface area contributed by atoms with Gasteiger partial charge in [0.25, 0.3) is 5.91 Å². The fourth-order valence-electron chi connectivity index (χ4n) is 2.86. The van der Waals surface area contributed by atoms with E-state index in [1.54, 1.807) is 24.3 Å². The Morgan fingerprint density at radius 1 is 1.31 bits per heavy atom. The van der Waals surface area contributed by atoms with Gasteiger partial charge in [0.05, 0.1) is 11.9 Å². The molecule has 0 radical (unpaired) electrons. The largest absolute Gasteiger partial charge is 0.481 e. The number of carbonyl (C=O) groups is 1. The Balaban J connectivity index is 1.95. The zero-order valence-corrected chi connectivity index (χ0v) is 16.8. The summed E-state index contributed by atoms with van der Waals surface area (Å²) in [6, 6.07) is 6.89. The van der Waals surface area contributed by atoms with E-state index in [9.17, 15) is 13.2 Å². The molecule has 1 saturated heterocycles. The number of benzene rings is 1. The standard InChI is InChI=1S/C18H29N3O4S/c1-5-17(18(22)19-14-10-12-20(2)13-11-14)25-16-8-6-15(7-9-16)21(3)26(4,23)24/h6-9,14,17H,5,10-13H2,1-4H3,(H,19,22)/t17-/m1/s1. The van der Waals surface area contributed by atoms with Gasteiger partial charge >= 0.3 is 0 Å². The first-order valence-electron chi connectivity index (χ1n) is 8.90. The van der Waals surface area contributed by atoms with Crippen LogP contribution in [0.1, 0.15) is 26.2 Å². The number of hydrogen-bond acceptors (Lipinski definition) is 5. The van der Waals surface area contributed by atoms with Crippen LogP contribution in [0.3, 0.4) is 0 Å². The maximum Gasteiger partial charge on any atom is 0.261 e. The molecule has 1 aromatic rings. The van der Waals surface area contributed by atoms with Gasteiger partial charge in [-0.05, 0) is 63.7 Å². The Labute approximate surface area is 156 Å². The molecule has 0 unspecified atom stereocenters. The number of rotatable bonds is 7. The predicted molar refractivity (Wildman–Crippen MR) is 103 cm³/mol. The highest BCUT2D eigenvalue weighted by atomic mass is 32.2. The van der Waals surface area contributed by atoms with Crippen LogP contribution >= 0.6 is 0 Å². The number of ether oxygens (including phenoxy) is 1. The van der Waals surface area contributed by atoms with Gasteiger partial charge < -0.3 is 15.0 Å². The SMILES string of the molecule is CC[C@@H](Oc1ccc(N(C)S(C)(=O)=O)cc1)C(=O)NC1CCN(C)CC1. The molecule has 1 N–H and O–H groups in total. The van der Waals surface area contributed by atoms with Crippen molar-refractivity contribution in [1.29, 1.82) is 0 Å². The molecular formula is C18H29N3O4S. The van der Waals surface area contributed by atoms with Crippen LogP contribution in [-0.2, 0) is 14.8 Å². The van der Waals surface area contributed by atoms with Gasteiger partial charge in [0.1, 0.15) is 5.75 Å². The summed E-state index contributed by atoms with van der Waals surface area (Å²) in [7, 11) is 0.274. The highest BCUT2D eigenvalue weighted by molar-refractivity contribution is 7.92. The lowest BCUT2D eigenvalue weighted by atomic mass is 10.1. The minimum absolute atomic E-state index is 0.0978. The quantitative estimate of drug-likeness (QED) is 0.771. The second-order valence-electron chi connectivity index (χ2n) is 6.83. The number of anilines is 1. The van der Waals surface area contributed by atoms with E-state index in [-0.39, 0.29) is 11.9 Å². The average molecular weight is 384 g/mol. The summed E-state index contributed by atoms with van der Waals surface area (Å²) in [4.78, 5) is 14.8. The Bertz CT molecular complexity index is 698. The monoisotopic (exact) mass is 383 g/mol. The van der Waals surface area contributed by atoms with Crippen molar-refractivity contribution in [2.24, 2.45) is 0 Å². The molecule has 1 aromatic carbocycles. The van der Waals surface area contributed by atoms with Gasteiger partial charge in [0.15, 0.2) is 6.10 Å². The Morgan fingerprint density at radius 2 is 1.88 bits per heavy atom. The van der Waals surface area contributed by atoms with E-state index in [0.29, 0.717) is 17.9 Å². The molecule has 1 heterocycles. The molecule has 7 nitrogen and oxygen atoms in total. The first-order chi connectivity index (χ1) is 12.2. The number of likely N-dealkylation sites (tertiary alicyclic amines) is 1. The Hall–Kier alpha value is -1.80. The second kappa shape index (κ2) is 8.73. The van der Waals surface area contributed by atoms with Gasteiger partial charge in [-0.15, -0.1) is 0 Å². The molecule has 146 valence electrons. The Morgan fingerprint density at radius 3 is 2.38 bits per heavy atom. The van der Waals surface area contributed by atoms with Crippen molar-refractivity contribution in [3.63, 3.8) is 0 Å². The molecule has 0 aliphatic carbocycles. The van der Waals surface area contributed by atoms with Crippen molar-refractivity contribution in [2.45, 2.75) is 38.3 Å². The molecule has 0 spiro atoms. The van der Waals surface area contributed by atoms with E-state index in [2.05, 4.69) is 17.3 Å². The maximum atomic E-state index is 12.5. The van der Waals surface area contributed by atoms with E-state index < -0.39 is 16.1 Å². The van der Waals surface area contributed by atoms with E-state index in [4.69, 9.17) is 4.74 Å². The zero-order valence-electron chi connectivity index (χ0n) is 15.9. The van der Waals surface area contributed by atoms with E-state index in [0.717, 1.165) is 32.2 Å². The molecule has 1 fully saturated rings. The van der Waals surface area contributed by atoms with Crippen LogP contribution in [0.4, 0.5) is 5.69 Å². The van der Waals surface area contributed by atoms with E-state index >= 15 is 0 Å². The third-order valence-electron chi connectivity index (χ3n) is 4.70. The topological polar surface area (TPSA) is 78.9 Å². The summed E-state index contributed by atoms with van der Waals surface area (Å²) < 4.78 is 30.2. The van der Waals surface area contributed by atoms with Gasteiger partial charge in [0, 0.05) is 13.1 Å². The van der Waals surface area contributed by atoms with Crippen LogP contribution < -0.4 is 14.4 Å². The molecule has 0 bridgehead atoms. The first-order valence-corrected chi connectivity index (χ1v) is 10.7. The van der Waals surface area contributed by atoms with Crippen molar-refractivity contribution < 1.29 is 17.9 Å². The fraction of sp³-hybridized carbons (Fsp3) is 0.611. The van der Waals surface area contributed by atoms with Gasteiger partial charge in [-0.1, -0.05) is 6.92 Å². The van der Waals surface area contributed by atoms with Crippen LogP contribution in [0.5, 0.6) is 5.75 Å². The number of sulfonamides is 1. The molecule has 1 atom stereocenters. The van der Waals surface area contributed by atoms with Gasteiger partial charge in [-0.2, -0.15) is 0 Å². The third kappa shape index (κ3) is 5.60. The number of amides is 1. The minimum atomic E-state index is -3.31. The normalized spacial score (nSPS) is 17.5. The van der Waals surface area contributed by atoms with Crippen molar-refractivity contribution in [3.8, 4) is 5.75 Å². The molecular weight excluding hydrogens is 354 g/mol. The predicted octanol–water partition coefficient (Wildman–Crippen LogP) is 1.45. The molecule has 26 heavy (non-hydrogen) atoms. The molecule has 0 saturated carbocycles. The number of hydrogen-bond donors (Lipinski definition) is 1. The minimum Gasteiger partial charge on any atom is -0.481 e. The third-order valence-corrected chi connectivity index (χ3v) is 5.91. The van der Waals surface area contributed by atoms with Gasteiger partial charge in [-0.25, -0.2) is 8.42 Å². The van der Waals surface area contributed by atoms with Crippen molar-refractivity contribution in [2.75, 3.05) is 37.7 Å². The van der Waals surface area contributed by atoms with E-state index in [1.165, 1.54) is 11.4 Å². The number of nitrogens with one attached hydrogen (secondary N) is 1. The van der Waals surface area contributed by atoms with Crippen molar-refractivity contribution in [3.05, 3.63) is 24.3 Å². The summed E-state index contributed by atoms with van der Waals surface area (Å²) >= 11 is 0. The van der Waals surface area contributed by atoms with E-state index in [1.807, 2.05) is 6.92 Å². The molecule has 2 rings (SSSR count). The van der Waals surface area contributed by atoms with Crippen molar-refractivity contribution >= 4 is 21.6 Å². The number of nitrogens with zero attached hydrogens (tertiary/aromatic N) is 2. The van der Waals surface area contributed by atoms with Gasteiger partial charge in [-0.3, -0.25) is 9.10 Å². The number of carbonyl (C=O) groups excluding carboxylic acids is 1. The summed E-state index contributed by atoms with van der Waals surface area (Å²) in [6.45, 7) is 3.88. The number of piperidine rings is 1. The summed E-state index contributed by atoms with van der Waals surface area (Å²) in [5.74, 6) is 0.445. The molecule has 1 aliphatic rings. The maximum absolute atomic E-state index is 12.5. The van der Waals surface area contributed by atoms with Crippen molar-refractivity contribution in [1.82, 2.24) is 10.2 Å². The smallest absolute Gasteiger partial charge is 0.261 e. The second-order valence-corrected chi connectivity index (χ2v) is 8.84. The molecule has 0 aromatic heterocycles. The molecule has 1 amide bonds. The summed E-state index contributed by atoms with van der Waals surface area (Å²) in [5.41, 5.74) is 0.545. The average Bonchev–Trinajstić information content (AvgIpc) is 2.60. The lowest BCUT2D eigenvalue weighted by Gasteiger charge is -2.30. The lowest BCUT2D eigenvalue weighted by molar-refractivity contribution is -0.129.